The summed E-state index contributed by atoms with van der Waals surface area (Å²) < 4.78 is 0. The van der Waals surface area contributed by atoms with Gasteiger partial charge in [-0.15, -0.1) is 11.3 Å². The molecule has 0 aliphatic heterocycles. The first-order valence-corrected chi connectivity index (χ1v) is 9.49. The van der Waals surface area contributed by atoms with Crippen LogP contribution < -0.4 is 5.32 Å². The number of hydrogen-bond donors (Lipinski definition) is 1. The van der Waals surface area contributed by atoms with Crippen LogP contribution in [0.25, 0.3) is 0 Å². The van der Waals surface area contributed by atoms with Crippen molar-refractivity contribution in [1.82, 2.24) is 10.3 Å². The Kier molecular flexibility index (Phi) is 4.17. The SMILES string of the molecule is CC(C)NC1(c2nc3c(s2)CCC3)CCCC(C)(C)CC1. The largest absolute Gasteiger partial charge is 0.303 e. The highest BCUT2D eigenvalue weighted by atomic mass is 32.1. The zero-order valence-corrected chi connectivity index (χ0v) is 14.9. The van der Waals surface area contributed by atoms with Gasteiger partial charge in [0.25, 0.3) is 0 Å². The van der Waals surface area contributed by atoms with E-state index in [1.165, 1.54) is 62.1 Å². The Hall–Kier alpha value is -0.410. The van der Waals surface area contributed by atoms with Crippen LogP contribution in [-0.2, 0) is 18.4 Å². The molecule has 21 heavy (non-hydrogen) atoms. The van der Waals surface area contributed by atoms with Crippen LogP contribution in [0.3, 0.4) is 0 Å². The maximum atomic E-state index is 5.09. The van der Waals surface area contributed by atoms with Gasteiger partial charge < -0.3 is 5.32 Å². The first kappa shape index (κ1) is 15.5. The van der Waals surface area contributed by atoms with Gasteiger partial charge in [0.05, 0.1) is 11.2 Å². The van der Waals surface area contributed by atoms with Crippen molar-refractivity contribution >= 4 is 11.3 Å². The van der Waals surface area contributed by atoms with Gasteiger partial charge in [-0.1, -0.05) is 20.3 Å². The fraction of sp³-hybridized carbons (Fsp3) is 0.833. The highest BCUT2D eigenvalue weighted by Crippen LogP contribution is 2.45. The standard InChI is InChI=1S/C18H30N2S/c1-13(2)20-18(10-6-9-17(3,4)11-12-18)16-19-14-7-5-8-15(14)21-16/h13,20H,5-12H2,1-4H3. The summed E-state index contributed by atoms with van der Waals surface area (Å²) in [5.41, 5.74) is 2.03. The van der Waals surface area contributed by atoms with Gasteiger partial charge in [-0.25, -0.2) is 4.98 Å². The van der Waals surface area contributed by atoms with Crippen LogP contribution in [0.1, 0.15) is 81.8 Å². The van der Waals surface area contributed by atoms with Crippen molar-refractivity contribution in [3.8, 4) is 0 Å². The van der Waals surface area contributed by atoms with Gasteiger partial charge >= 0.3 is 0 Å². The lowest BCUT2D eigenvalue weighted by Crippen LogP contribution is -2.46. The van der Waals surface area contributed by atoms with E-state index < -0.39 is 0 Å². The molecule has 1 saturated carbocycles. The molecule has 1 aromatic heterocycles. The Bertz CT molecular complexity index is 482. The minimum Gasteiger partial charge on any atom is -0.303 e. The average Bonchev–Trinajstić information content (AvgIpc) is 2.92. The highest BCUT2D eigenvalue weighted by Gasteiger charge is 2.40. The molecule has 0 bridgehead atoms. The molecule has 1 unspecified atom stereocenters. The highest BCUT2D eigenvalue weighted by molar-refractivity contribution is 7.12. The van der Waals surface area contributed by atoms with Crippen LogP contribution >= 0.6 is 11.3 Å². The number of fused-ring (bicyclic) bond motifs is 1. The average molecular weight is 307 g/mol. The van der Waals surface area contributed by atoms with Gasteiger partial charge in [-0.05, 0) is 64.2 Å². The molecule has 0 radical (unpaired) electrons. The molecule has 0 spiro atoms. The number of aromatic nitrogens is 1. The van der Waals surface area contributed by atoms with Crippen molar-refractivity contribution in [3.05, 3.63) is 15.6 Å². The molecule has 1 N–H and O–H groups in total. The maximum absolute atomic E-state index is 5.09. The molecule has 0 saturated heterocycles. The number of hydrogen-bond acceptors (Lipinski definition) is 3. The lowest BCUT2D eigenvalue weighted by molar-refractivity contribution is 0.247. The summed E-state index contributed by atoms with van der Waals surface area (Å²) in [5, 5.41) is 5.31. The van der Waals surface area contributed by atoms with E-state index in [1.54, 1.807) is 4.88 Å². The smallest absolute Gasteiger partial charge is 0.113 e. The monoisotopic (exact) mass is 306 g/mol. The Morgan fingerprint density at radius 1 is 1.05 bits per heavy atom. The van der Waals surface area contributed by atoms with Crippen molar-refractivity contribution in [3.63, 3.8) is 0 Å². The third-order valence-corrected chi connectivity index (χ3v) is 6.62. The van der Waals surface area contributed by atoms with E-state index in [-0.39, 0.29) is 5.54 Å². The number of aryl methyl sites for hydroxylation is 2. The van der Waals surface area contributed by atoms with Crippen molar-refractivity contribution < 1.29 is 0 Å². The van der Waals surface area contributed by atoms with Crippen molar-refractivity contribution in [2.45, 2.75) is 90.6 Å². The Labute approximate surface area is 133 Å². The zero-order valence-electron chi connectivity index (χ0n) is 14.1. The summed E-state index contributed by atoms with van der Waals surface area (Å²) in [4.78, 5) is 6.65. The Morgan fingerprint density at radius 3 is 2.57 bits per heavy atom. The van der Waals surface area contributed by atoms with E-state index >= 15 is 0 Å². The molecule has 118 valence electrons. The molecule has 3 rings (SSSR count). The second-order valence-electron chi connectivity index (χ2n) is 8.14. The molecular weight excluding hydrogens is 276 g/mol. The first-order chi connectivity index (χ1) is 9.90. The van der Waals surface area contributed by atoms with Gasteiger partial charge in [0.15, 0.2) is 0 Å². The molecule has 0 amide bonds. The number of rotatable bonds is 3. The minimum absolute atomic E-state index is 0.136. The molecule has 1 heterocycles. The normalized spacial score (nSPS) is 28.6. The molecule has 2 aliphatic carbocycles. The van der Waals surface area contributed by atoms with Gasteiger partial charge in [0, 0.05) is 10.9 Å². The van der Waals surface area contributed by atoms with E-state index in [2.05, 4.69) is 33.0 Å². The lowest BCUT2D eigenvalue weighted by atomic mass is 9.83. The summed E-state index contributed by atoms with van der Waals surface area (Å²) in [5.74, 6) is 0. The molecule has 2 aliphatic rings. The molecule has 2 nitrogen and oxygen atoms in total. The van der Waals surface area contributed by atoms with Gasteiger partial charge in [0.2, 0.25) is 0 Å². The summed E-state index contributed by atoms with van der Waals surface area (Å²) in [6.07, 6.45) is 10.2. The van der Waals surface area contributed by atoms with Crippen LogP contribution in [0.5, 0.6) is 0 Å². The van der Waals surface area contributed by atoms with Gasteiger partial charge in [-0.3, -0.25) is 0 Å². The number of thiazole rings is 1. The van der Waals surface area contributed by atoms with Crippen LogP contribution in [0.4, 0.5) is 0 Å². The van der Waals surface area contributed by atoms with Crippen molar-refractivity contribution in [2.75, 3.05) is 0 Å². The third-order valence-electron chi connectivity index (χ3n) is 5.26. The Balaban J connectivity index is 1.92. The summed E-state index contributed by atoms with van der Waals surface area (Å²) in [6, 6.07) is 0.518. The molecule has 1 fully saturated rings. The second kappa shape index (κ2) is 5.66. The number of nitrogens with zero attached hydrogens (tertiary/aromatic N) is 1. The summed E-state index contributed by atoms with van der Waals surface area (Å²) >= 11 is 2.01. The van der Waals surface area contributed by atoms with Crippen molar-refractivity contribution in [1.29, 1.82) is 0 Å². The van der Waals surface area contributed by atoms with Crippen LogP contribution in [0, 0.1) is 5.41 Å². The molecular formula is C18H30N2S. The molecule has 3 heteroatoms. The quantitative estimate of drug-likeness (QED) is 0.810. The van der Waals surface area contributed by atoms with E-state index in [0.717, 1.165) is 0 Å². The third kappa shape index (κ3) is 3.19. The zero-order chi connectivity index (χ0) is 15.1. The fourth-order valence-electron chi connectivity index (χ4n) is 4.04. The Morgan fingerprint density at radius 2 is 1.86 bits per heavy atom. The van der Waals surface area contributed by atoms with Gasteiger partial charge in [0.1, 0.15) is 5.01 Å². The van der Waals surface area contributed by atoms with Gasteiger partial charge in [-0.2, -0.15) is 0 Å². The topological polar surface area (TPSA) is 24.9 Å². The van der Waals surface area contributed by atoms with E-state index in [4.69, 9.17) is 4.98 Å². The van der Waals surface area contributed by atoms with Crippen LogP contribution in [0.2, 0.25) is 0 Å². The minimum atomic E-state index is 0.136. The predicted molar refractivity (Wildman–Crippen MR) is 91.0 cm³/mol. The van der Waals surface area contributed by atoms with Crippen molar-refractivity contribution in [2.24, 2.45) is 5.41 Å². The maximum Gasteiger partial charge on any atom is 0.113 e. The molecule has 0 aromatic carbocycles. The van der Waals surface area contributed by atoms with E-state index in [9.17, 15) is 0 Å². The first-order valence-electron chi connectivity index (χ1n) is 8.67. The lowest BCUT2D eigenvalue weighted by Gasteiger charge is -2.35. The number of nitrogens with one attached hydrogen (secondary N) is 1. The summed E-state index contributed by atoms with van der Waals surface area (Å²) in [7, 11) is 0. The molecule has 1 aromatic rings. The molecule has 1 atom stereocenters. The van der Waals surface area contributed by atoms with E-state index in [1.807, 2.05) is 11.3 Å². The van der Waals surface area contributed by atoms with Crippen LogP contribution in [-0.4, -0.2) is 11.0 Å². The van der Waals surface area contributed by atoms with E-state index in [0.29, 0.717) is 11.5 Å². The summed E-state index contributed by atoms with van der Waals surface area (Å²) in [6.45, 7) is 9.42. The fourth-order valence-corrected chi connectivity index (χ4v) is 5.40. The van der Waals surface area contributed by atoms with Crippen LogP contribution in [0.15, 0.2) is 0 Å². The second-order valence-corrected chi connectivity index (χ2v) is 9.22. The predicted octanol–water partition coefficient (Wildman–Crippen LogP) is 4.82.